The Hall–Kier alpha value is -1.69. The van der Waals surface area contributed by atoms with Gasteiger partial charge < -0.3 is 14.8 Å². The Balaban J connectivity index is 1.62. The van der Waals surface area contributed by atoms with Gasteiger partial charge in [0.2, 0.25) is 0 Å². The second-order valence-corrected chi connectivity index (χ2v) is 5.93. The van der Waals surface area contributed by atoms with E-state index in [1.807, 2.05) is 31.4 Å². The molecule has 112 valence electrons. The van der Waals surface area contributed by atoms with E-state index in [2.05, 4.69) is 27.0 Å². The molecule has 2 N–H and O–H groups in total. The van der Waals surface area contributed by atoms with E-state index in [-0.39, 0.29) is 12.0 Å². The molecule has 0 radical (unpaired) electrons. The number of benzene rings is 1. The van der Waals surface area contributed by atoms with Crippen LogP contribution < -0.4 is 0 Å². The number of H-pyrrole nitrogens is 1. The third-order valence-corrected chi connectivity index (χ3v) is 3.89. The zero-order valence-corrected chi connectivity index (χ0v) is 12.2. The molecule has 5 nitrogen and oxygen atoms in total. The molecular weight excluding hydrogens is 266 g/mol. The molecule has 3 rings (SSSR count). The van der Waals surface area contributed by atoms with Crippen LogP contribution in [0.3, 0.4) is 0 Å². The Labute approximate surface area is 124 Å². The molecule has 0 spiro atoms. The number of aliphatic hydroxyl groups excluding tert-OH is 1. The van der Waals surface area contributed by atoms with Gasteiger partial charge in [-0.15, -0.1) is 0 Å². The molecule has 1 saturated heterocycles. The Morgan fingerprint density at radius 2 is 2.10 bits per heavy atom. The zero-order valence-electron chi connectivity index (χ0n) is 12.2. The molecule has 1 aromatic carbocycles. The highest BCUT2D eigenvalue weighted by Gasteiger charge is 2.38. The van der Waals surface area contributed by atoms with Gasteiger partial charge in [0.1, 0.15) is 5.82 Å². The summed E-state index contributed by atoms with van der Waals surface area (Å²) in [7, 11) is 2.04. The maximum Gasteiger partial charge on any atom is 0.120 e. The lowest BCUT2D eigenvalue weighted by Gasteiger charge is -2.42. The zero-order chi connectivity index (χ0) is 14.7. The number of aliphatic hydroxyl groups is 1. The number of rotatable bonds is 6. The predicted octanol–water partition coefficient (Wildman–Crippen LogP) is 1.52. The van der Waals surface area contributed by atoms with Gasteiger partial charge in [-0.25, -0.2) is 4.98 Å². The summed E-state index contributed by atoms with van der Waals surface area (Å²) in [6, 6.07) is 10.2. The monoisotopic (exact) mass is 287 g/mol. The van der Waals surface area contributed by atoms with Crippen molar-refractivity contribution in [1.82, 2.24) is 14.9 Å². The number of aromatic amines is 1. The Kier molecular flexibility index (Phi) is 4.05. The van der Waals surface area contributed by atoms with Crippen LogP contribution in [0.2, 0.25) is 0 Å². The SMILES string of the molecule is CN(Cc1ncc(-c2ccccc2)[nH]1)CC1(CO)COC1. The molecule has 1 aromatic heterocycles. The van der Waals surface area contributed by atoms with Crippen LogP contribution in [0.4, 0.5) is 0 Å². The smallest absolute Gasteiger partial charge is 0.120 e. The summed E-state index contributed by atoms with van der Waals surface area (Å²) >= 11 is 0. The molecule has 21 heavy (non-hydrogen) atoms. The number of hydrogen-bond acceptors (Lipinski definition) is 4. The van der Waals surface area contributed by atoms with Crippen LogP contribution in [-0.4, -0.2) is 53.4 Å². The summed E-state index contributed by atoms with van der Waals surface area (Å²) in [6.07, 6.45) is 1.87. The van der Waals surface area contributed by atoms with Crippen LogP contribution >= 0.6 is 0 Å². The standard InChI is InChI=1S/C16H21N3O2/c1-19(9-16(10-20)11-21-12-16)8-15-17-7-14(18-15)13-5-3-2-4-6-13/h2-7,20H,8-12H2,1H3,(H,17,18). The number of aromatic nitrogens is 2. The number of imidazole rings is 1. The second kappa shape index (κ2) is 5.97. The summed E-state index contributed by atoms with van der Waals surface area (Å²) < 4.78 is 5.23. The molecule has 1 fully saturated rings. The maximum absolute atomic E-state index is 9.47. The first-order valence-electron chi connectivity index (χ1n) is 7.17. The molecule has 0 bridgehead atoms. The highest BCUT2D eigenvalue weighted by atomic mass is 16.5. The Morgan fingerprint density at radius 1 is 1.33 bits per heavy atom. The van der Waals surface area contributed by atoms with Crippen LogP contribution in [0.1, 0.15) is 5.82 Å². The lowest BCUT2D eigenvalue weighted by atomic mass is 9.86. The normalized spacial score (nSPS) is 16.9. The minimum Gasteiger partial charge on any atom is -0.396 e. The van der Waals surface area contributed by atoms with E-state index < -0.39 is 0 Å². The number of nitrogens with one attached hydrogen (secondary N) is 1. The van der Waals surface area contributed by atoms with Crippen LogP contribution in [0.5, 0.6) is 0 Å². The number of hydrogen-bond donors (Lipinski definition) is 2. The summed E-state index contributed by atoms with van der Waals surface area (Å²) in [4.78, 5) is 9.97. The molecule has 2 aromatic rings. The van der Waals surface area contributed by atoms with E-state index in [9.17, 15) is 5.11 Å². The minimum atomic E-state index is -0.0936. The van der Waals surface area contributed by atoms with Crippen molar-refractivity contribution in [2.75, 3.05) is 33.4 Å². The Bertz CT molecular complexity index is 573. The van der Waals surface area contributed by atoms with Gasteiger partial charge in [0.15, 0.2) is 0 Å². The van der Waals surface area contributed by atoms with Crippen molar-refractivity contribution in [1.29, 1.82) is 0 Å². The topological polar surface area (TPSA) is 61.4 Å². The molecule has 0 atom stereocenters. The van der Waals surface area contributed by atoms with E-state index >= 15 is 0 Å². The van der Waals surface area contributed by atoms with Crippen LogP contribution in [0.15, 0.2) is 36.5 Å². The van der Waals surface area contributed by atoms with E-state index in [4.69, 9.17) is 4.74 Å². The molecule has 0 amide bonds. The van der Waals surface area contributed by atoms with Gasteiger partial charge in [-0.2, -0.15) is 0 Å². The number of ether oxygens (including phenoxy) is 1. The van der Waals surface area contributed by atoms with E-state index in [0.29, 0.717) is 13.2 Å². The first-order chi connectivity index (χ1) is 10.2. The van der Waals surface area contributed by atoms with Crippen LogP contribution in [0.25, 0.3) is 11.3 Å². The van der Waals surface area contributed by atoms with Gasteiger partial charge in [0.25, 0.3) is 0 Å². The van der Waals surface area contributed by atoms with Crippen molar-refractivity contribution in [2.45, 2.75) is 6.54 Å². The van der Waals surface area contributed by atoms with Gasteiger partial charge in [0.05, 0.1) is 43.7 Å². The quantitative estimate of drug-likeness (QED) is 0.845. The van der Waals surface area contributed by atoms with Gasteiger partial charge in [-0.1, -0.05) is 30.3 Å². The first kappa shape index (κ1) is 14.3. The van der Waals surface area contributed by atoms with Gasteiger partial charge in [-0.05, 0) is 12.6 Å². The van der Waals surface area contributed by atoms with Gasteiger partial charge in [0, 0.05) is 6.54 Å². The third kappa shape index (κ3) is 3.15. The predicted molar refractivity (Wildman–Crippen MR) is 80.7 cm³/mol. The minimum absolute atomic E-state index is 0.0936. The van der Waals surface area contributed by atoms with E-state index in [0.717, 1.165) is 30.2 Å². The molecule has 0 aliphatic carbocycles. The van der Waals surface area contributed by atoms with Crippen LogP contribution in [0, 0.1) is 5.41 Å². The first-order valence-corrected chi connectivity index (χ1v) is 7.17. The fourth-order valence-corrected chi connectivity index (χ4v) is 2.71. The molecular formula is C16H21N3O2. The molecule has 1 aliphatic heterocycles. The van der Waals surface area contributed by atoms with Crippen molar-refractivity contribution in [3.63, 3.8) is 0 Å². The van der Waals surface area contributed by atoms with Crippen molar-refractivity contribution in [2.24, 2.45) is 5.41 Å². The fourth-order valence-electron chi connectivity index (χ4n) is 2.71. The molecule has 0 saturated carbocycles. The molecule has 5 heteroatoms. The molecule has 2 heterocycles. The second-order valence-electron chi connectivity index (χ2n) is 5.93. The van der Waals surface area contributed by atoms with Crippen molar-refractivity contribution >= 4 is 0 Å². The molecule has 0 unspecified atom stereocenters. The van der Waals surface area contributed by atoms with Crippen LogP contribution in [-0.2, 0) is 11.3 Å². The summed E-state index contributed by atoms with van der Waals surface area (Å²) in [6.45, 7) is 2.99. The average Bonchev–Trinajstić information content (AvgIpc) is 2.92. The lowest BCUT2D eigenvalue weighted by Crippen LogP contribution is -2.52. The maximum atomic E-state index is 9.47. The molecule has 1 aliphatic rings. The van der Waals surface area contributed by atoms with Crippen molar-refractivity contribution < 1.29 is 9.84 Å². The lowest BCUT2D eigenvalue weighted by molar-refractivity contribution is -0.147. The van der Waals surface area contributed by atoms with E-state index in [1.165, 1.54) is 0 Å². The van der Waals surface area contributed by atoms with E-state index in [1.54, 1.807) is 0 Å². The fraction of sp³-hybridized carbons (Fsp3) is 0.438. The van der Waals surface area contributed by atoms with Crippen molar-refractivity contribution in [3.8, 4) is 11.3 Å². The third-order valence-electron chi connectivity index (χ3n) is 3.89. The van der Waals surface area contributed by atoms with Gasteiger partial charge in [-0.3, -0.25) is 4.90 Å². The highest BCUT2D eigenvalue weighted by molar-refractivity contribution is 5.57. The average molecular weight is 287 g/mol. The van der Waals surface area contributed by atoms with Crippen molar-refractivity contribution in [3.05, 3.63) is 42.4 Å². The number of nitrogens with zero attached hydrogens (tertiary/aromatic N) is 2. The summed E-state index contributed by atoms with van der Waals surface area (Å²) in [5.41, 5.74) is 2.07. The highest BCUT2D eigenvalue weighted by Crippen LogP contribution is 2.28. The van der Waals surface area contributed by atoms with Gasteiger partial charge >= 0.3 is 0 Å². The summed E-state index contributed by atoms with van der Waals surface area (Å²) in [5, 5.41) is 9.47. The largest absolute Gasteiger partial charge is 0.396 e. The Morgan fingerprint density at radius 3 is 2.71 bits per heavy atom. The summed E-state index contributed by atoms with van der Waals surface area (Å²) in [5.74, 6) is 0.935.